The molecule has 1 aromatic heterocycles. The molecular formula is C18H19BrN2O5. The molecule has 138 valence electrons. The van der Waals surface area contributed by atoms with Gasteiger partial charge in [-0.2, -0.15) is 0 Å². The number of carbonyl (C=O) groups is 2. The van der Waals surface area contributed by atoms with E-state index >= 15 is 0 Å². The van der Waals surface area contributed by atoms with E-state index in [0.29, 0.717) is 22.7 Å². The molecule has 0 bridgehead atoms. The number of hydrogen-bond acceptors (Lipinski definition) is 5. The Morgan fingerprint density at radius 2 is 2.15 bits per heavy atom. The van der Waals surface area contributed by atoms with E-state index in [1.54, 1.807) is 12.1 Å². The van der Waals surface area contributed by atoms with Crippen LogP contribution in [-0.4, -0.2) is 31.1 Å². The minimum absolute atomic E-state index is 0.0948. The first-order chi connectivity index (χ1) is 12.5. The van der Waals surface area contributed by atoms with Gasteiger partial charge in [0.15, 0.2) is 10.4 Å². The van der Waals surface area contributed by atoms with Crippen LogP contribution in [0, 0.1) is 0 Å². The number of ether oxygens (including phenoxy) is 2. The van der Waals surface area contributed by atoms with Crippen molar-refractivity contribution in [3.8, 4) is 11.5 Å². The fourth-order valence-electron chi connectivity index (χ4n) is 2.69. The van der Waals surface area contributed by atoms with Crippen molar-refractivity contribution < 1.29 is 23.5 Å². The van der Waals surface area contributed by atoms with Crippen LogP contribution in [-0.2, 0) is 11.2 Å². The fraction of sp³-hybridized carbons (Fsp3) is 0.333. The van der Waals surface area contributed by atoms with Crippen molar-refractivity contribution in [2.75, 3.05) is 18.5 Å². The molecule has 0 spiro atoms. The topological polar surface area (TPSA) is 89.8 Å². The molecule has 2 amide bonds. The number of hydrogen-bond donors (Lipinski definition) is 2. The second kappa shape index (κ2) is 7.82. The molecule has 2 heterocycles. The molecule has 2 N–H and O–H groups in total. The smallest absolute Gasteiger partial charge is 0.287 e. The van der Waals surface area contributed by atoms with Gasteiger partial charge < -0.3 is 24.5 Å². The van der Waals surface area contributed by atoms with Crippen molar-refractivity contribution in [3.05, 3.63) is 40.3 Å². The minimum atomic E-state index is -0.470. The third-order valence-electron chi connectivity index (χ3n) is 3.78. The third kappa shape index (κ3) is 4.19. The van der Waals surface area contributed by atoms with Gasteiger partial charge in [-0.05, 0) is 48.0 Å². The summed E-state index contributed by atoms with van der Waals surface area (Å²) >= 11 is 3.12. The van der Waals surface area contributed by atoms with Crippen LogP contribution in [0.25, 0.3) is 0 Å². The summed E-state index contributed by atoms with van der Waals surface area (Å²) in [4.78, 5) is 24.1. The molecule has 1 aliphatic heterocycles. The summed E-state index contributed by atoms with van der Waals surface area (Å²) in [6, 6.07) is 6.77. The van der Waals surface area contributed by atoms with Crippen LogP contribution in [0.15, 0.2) is 33.4 Å². The Kier molecular flexibility index (Phi) is 5.51. The maximum atomic E-state index is 12.2. The maximum absolute atomic E-state index is 12.2. The molecule has 1 unspecified atom stereocenters. The number of amides is 2. The van der Waals surface area contributed by atoms with Crippen LogP contribution in [0.3, 0.4) is 0 Å². The van der Waals surface area contributed by atoms with Gasteiger partial charge in [-0.25, -0.2) is 0 Å². The lowest BCUT2D eigenvalue weighted by Gasteiger charge is -2.13. The highest BCUT2D eigenvalue weighted by molar-refractivity contribution is 9.10. The maximum Gasteiger partial charge on any atom is 0.287 e. The number of anilines is 1. The fourth-order valence-corrected chi connectivity index (χ4v) is 3.00. The van der Waals surface area contributed by atoms with E-state index < -0.39 is 5.91 Å². The van der Waals surface area contributed by atoms with E-state index in [4.69, 9.17) is 13.9 Å². The second-order valence-electron chi connectivity index (χ2n) is 5.86. The zero-order chi connectivity index (χ0) is 18.7. The first-order valence-electron chi connectivity index (χ1n) is 8.26. The van der Waals surface area contributed by atoms with Crippen LogP contribution in [0.2, 0.25) is 0 Å². The Morgan fingerprint density at radius 3 is 2.85 bits per heavy atom. The zero-order valence-electron chi connectivity index (χ0n) is 14.4. The average molecular weight is 423 g/mol. The largest absolute Gasteiger partial charge is 0.492 e. The number of furan rings is 1. The molecule has 0 fully saturated rings. The van der Waals surface area contributed by atoms with Crippen LogP contribution in [0.4, 0.5) is 5.69 Å². The van der Waals surface area contributed by atoms with E-state index in [1.165, 1.54) is 6.07 Å². The molecule has 8 heteroatoms. The van der Waals surface area contributed by atoms with Crippen molar-refractivity contribution in [3.63, 3.8) is 0 Å². The molecule has 1 atom stereocenters. The lowest BCUT2D eigenvalue weighted by Crippen LogP contribution is -2.32. The Hall–Kier alpha value is -2.48. The summed E-state index contributed by atoms with van der Waals surface area (Å²) in [6.45, 7) is 4.14. The van der Waals surface area contributed by atoms with Gasteiger partial charge in [-0.15, -0.1) is 0 Å². The van der Waals surface area contributed by atoms with Gasteiger partial charge >= 0.3 is 0 Å². The molecule has 26 heavy (non-hydrogen) atoms. The van der Waals surface area contributed by atoms with Crippen molar-refractivity contribution in [1.82, 2.24) is 5.32 Å². The highest BCUT2D eigenvalue weighted by Crippen LogP contribution is 2.38. The summed E-state index contributed by atoms with van der Waals surface area (Å²) in [6.07, 6.45) is 0.899. The monoisotopic (exact) mass is 422 g/mol. The van der Waals surface area contributed by atoms with E-state index in [-0.39, 0.29) is 24.3 Å². The first kappa shape index (κ1) is 18.3. The molecular weight excluding hydrogens is 404 g/mol. The van der Waals surface area contributed by atoms with Crippen LogP contribution < -0.4 is 20.1 Å². The number of benzene rings is 1. The van der Waals surface area contributed by atoms with Gasteiger partial charge in [0.05, 0.1) is 18.8 Å². The molecule has 1 aromatic carbocycles. The van der Waals surface area contributed by atoms with Gasteiger partial charge in [0.25, 0.3) is 5.91 Å². The summed E-state index contributed by atoms with van der Waals surface area (Å²) in [5.74, 6) is 0.594. The van der Waals surface area contributed by atoms with Gasteiger partial charge in [0, 0.05) is 18.1 Å². The van der Waals surface area contributed by atoms with Gasteiger partial charge in [0.2, 0.25) is 5.91 Å². The van der Waals surface area contributed by atoms with E-state index in [0.717, 1.165) is 17.7 Å². The van der Waals surface area contributed by atoms with Gasteiger partial charge in [-0.3, -0.25) is 9.59 Å². The number of nitrogens with one attached hydrogen (secondary N) is 2. The first-order valence-corrected chi connectivity index (χ1v) is 9.05. The summed E-state index contributed by atoms with van der Waals surface area (Å²) in [5.41, 5.74) is 1.57. The SMILES string of the molecule is CCOc1cc2c(cc1NC(=O)CNC(=O)c1ccc(Br)o1)OC(C)C2. The molecule has 0 saturated carbocycles. The van der Waals surface area contributed by atoms with E-state index in [2.05, 4.69) is 26.6 Å². The Bertz CT molecular complexity index is 833. The van der Waals surface area contributed by atoms with Crippen LogP contribution >= 0.6 is 15.9 Å². The number of halogens is 1. The molecule has 0 radical (unpaired) electrons. The van der Waals surface area contributed by atoms with E-state index in [1.807, 2.05) is 19.9 Å². The number of rotatable bonds is 6. The summed E-state index contributed by atoms with van der Waals surface area (Å²) in [7, 11) is 0. The lowest BCUT2D eigenvalue weighted by molar-refractivity contribution is -0.115. The standard InChI is InChI=1S/C18H19BrN2O5/c1-3-24-15-7-11-6-10(2)25-14(11)8-12(15)21-17(22)9-20-18(23)13-4-5-16(19)26-13/h4-5,7-8,10H,3,6,9H2,1-2H3,(H,20,23)(H,21,22). The third-order valence-corrected chi connectivity index (χ3v) is 4.20. The Balaban J connectivity index is 1.65. The number of fused-ring (bicyclic) bond motifs is 1. The van der Waals surface area contributed by atoms with Crippen LogP contribution in [0.5, 0.6) is 11.5 Å². The van der Waals surface area contributed by atoms with Crippen molar-refractivity contribution in [2.45, 2.75) is 26.4 Å². The molecule has 3 rings (SSSR count). The Labute approximate surface area is 159 Å². The van der Waals surface area contributed by atoms with Gasteiger partial charge in [-0.1, -0.05) is 0 Å². The molecule has 1 aliphatic rings. The lowest BCUT2D eigenvalue weighted by atomic mass is 10.1. The molecule has 0 saturated heterocycles. The normalized spacial score (nSPS) is 15.1. The minimum Gasteiger partial charge on any atom is -0.492 e. The quantitative estimate of drug-likeness (QED) is 0.745. The molecule has 7 nitrogen and oxygen atoms in total. The van der Waals surface area contributed by atoms with E-state index in [9.17, 15) is 9.59 Å². The zero-order valence-corrected chi connectivity index (χ0v) is 16.0. The number of carbonyl (C=O) groups excluding carboxylic acids is 2. The van der Waals surface area contributed by atoms with Crippen molar-refractivity contribution in [1.29, 1.82) is 0 Å². The Morgan fingerprint density at radius 1 is 1.35 bits per heavy atom. The second-order valence-corrected chi connectivity index (χ2v) is 6.64. The van der Waals surface area contributed by atoms with Crippen molar-refractivity contribution in [2.24, 2.45) is 0 Å². The highest BCUT2D eigenvalue weighted by atomic mass is 79.9. The summed E-state index contributed by atoms with van der Waals surface area (Å²) in [5, 5.41) is 5.26. The van der Waals surface area contributed by atoms with Gasteiger partial charge in [0.1, 0.15) is 17.6 Å². The molecule has 0 aliphatic carbocycles. The van der Waals surface area contributed by atoms with Crippen molar-refractivity contribution >= 4 is 33.4 Å². The predicted octanol–water partition coefficient (Wildman–Crippen LogP) is 3.13. The van der Waals surface area contributed by atoms with Crippen LogP contribution in [0.1, 0.15) is 30.0 Å². The highest BCUT2D eigenvalue weighted by Gasteiger charge is 2.22. The summed E-state index contributed by atoms with van der Waals surface area (Å²) < 4.78 is 16.9. The average Bonchev–Trinajstić information content (AvgIpc) is 3.17. The predicted molar refractivity (Wildman–Crippen MR) is 98.8 cm³/mol. The molecule has 2 aromatic rings.